The van der Waals surface area contributed by atoms with E-state index >= 15 is 0 Å². The Morgan fingerprint density at radius 2 is 2.17 bits per heavy atom. The highest BCUT2D eigenvalue weighted by atomic mass is 16.6. The number of nitrogens with zero attached hydrogens (tertiary/aromatic N) is 1. The average Bonchev–Trinajstić information content (AvgIpc) is 2.49. The van der Waals surface area contributed by atoms with Crippen molar-refractivity contribution in [3.63, 3.8) is 0 Å². The van der Waals surface area contributed by atoms with Crippen molar-refractivity contribution < 1.29 is 14.3 Å². The largest absolute Gasteiger partial charge is 0.444 e. The van der Waals surface area contributed by atoms with Crippen LogP contribution in [0.3, 0.4) is 0 Å². The van der Waals surface area contributed by atoms with Crippen molar-refractivity contribution in [3.05, 3.63) is 0 Å². The van der Waals surface area contributed by atoms with Crippen molar-refractivity contribution in [2.24, 2.45) is 11.1 Å². The molecular formula is C12H21N3O3. The lowest BCUT2D eigenvalue weighted by atomic mass is 9.73. The quantitative estimate of drug-likeness (QED) is 0.694. The molecular weight excluding hydrogens is 234 g/mol. The van der Waals surface area contributed by atoms with Gasteiger partial charge in [0.2, 0.25) is 5.91 Å². The summed E-state index contributed by atoms with van der Waals surface area (Å²) < 4.78 is 5.29. The summed E-state index contributed by atoms with van der Waals surface area (Å²) in [7, 11) is 0. The Morgan fingerprint density at radius 1 is 1.56 bits per heavy atom. The smallest absolute Gasteiger partial charge is 0.410 e. The van der Waals surface area contributed by atoms with Gasteiger partial charge in [-0.25, -0.2) is 4.79 Å². The summed E-state index contributed by atoms with van der Waals surface area (Å²) in [4.78, 5) is 24.9. The maximum absolute atomic E-state index is 11.8. The molecule has 1 atom stereocenters. The van der Waals surface area contributed by atoms with Crippen molar-refractivity contribution in [3.8, 4) is 0 Å². The molecule has 2 aliphatic rings. The zero-order chi connectivity index (χ0) is 13.6. The van der Waals surface area contributed by atoms with Crippen LogP contribution in [0.1, 0.15) is 27.2 Å². The lowest BCUT2D eigenvalue weighted by Gasteiger charge is -2.49. The van der Waals surface area contributed by atoms with Crippen LogP contribution < -0.4 is 11.1 Å². The maximum atomic E-state index is 11.8. The highest BCUT2D eigenvalue weighted by molar-refractivity contribution is 5.81. The van der Waals surface area contributed by atoms with Crippen LogP contribution in [-0.2, 0) is 9.53 Å². The molecule has 0 saturated carbocycles. The molecule has 6 nitrogen and oxygen atoms in total. The van der Waals surface area contributed by atoms with Gasteiger partial charge < -0.3 is 20.7 Å². The Labute approximate surface area is 107 Å². The van der Waals surface area contributed by atoms with Crippen LogP contribution in [0, 0.1) is 5.41 Å². The molecule has 2 aliphatic heterocycles. The van der Waals surface area contributed by atoms with Crippen LogP contribution >= 0.6 is 0 Å². The van der Waals surface area contributed by atoms with Gasteiger partial charge in [0.05, 0.1) is 6.04 Å². The van der Waals surface area contributed by atoms with Gasteiger partial charge in [0, 0.05) is 31.5 Å². The van der Waals surface area contributed by atoms with E-state index < -0.39 is 5.60 Å². The van der Waals surface area contributed by atoms with Gasteiger partial charge in [-0.05, 0) is 20.8 Å². The topological polar surface area (TPSA) is 84.7 Å². The van der Waals surface area contributed by atoms with Gasteiger partial charge in [0.1, 0.15) is 5.60 Å². The average molecular weight is 255 g/mol. The summed E-state index contributed by atoms with van der Waals surface area (Å²) in [6.45, 7) is 7.01. The summed E-state index contributed by atoms with van der Waals surface area (Å²) in [5.41, 5.74) is 4.99. The first kappa shape index (κ1) is 13.1. The third-order valence-corrected chi connectivity index (χ3v) is 3.49. The molecule has 0 aromatic heterocycles. The summed E-state index contributed by atoms with van der Waals surface area (Å²) in [5.74, 6) is 0.0225. The fourth-order valence-corrected chi connectivity index (χ4v) is 2.65. The first-order valence-corrected chi connectivity index (χ1v) is 6.23. The standard InChI is InChI=1S/C12H21N3O3/c1-11(2,3)18-10(17)15-6-12(7-15)4-9(16)14-8(12)5-13/h8H,4-7,13H2,1-3H3,(H,14,16). The van der Waals surface area contributed by atoms with E-state index in [4.69, 9.17) is 10.5 Å². The third-order valence-electron chi connectivity index (χ3n) is 3.49. The normalized spacial score (nSPS) is 25.9. The van der Waals surface area contributed by atoms with Gasteiger partial charge >= 0.3 is 6.09 Å². The van der Waals surface area contributed by atoms with Crippen LogP contribution in [-0.4, -0.2) is 48.2 Å². The highest BCUT2D eigenvalue weighted by Gasteiger charge is 2.55. The molecule has 2 saturated heterocycles. The van der Waals surface area contributed by atoms with Crippen molar-refractivity contribution in [2.45, 2.75) is 38.8 Å². The molecule has 1 unspecified atom stereocenters. The molecule has 0 aromatic carbocycles. The van der Waals surface area contributed by atoms with Crippen molar-refractivity contribution >= 4 is 12.0 Å². The number of carbonyl (C=O) groups is 2. The van der Waals surface area contributed by atoms with E-state index in [1.54, 1.807) is 4.90 Å². The van der Waals surface area contributed by atoms with Crippen LogP contribution in [0.25, 0.3) is 0 Å². The Kier molecular flexibility index (Phi) is 3.01. The minimum atomic E-state index is -0.489. The number of carbonyl (C=O) groups excluding carboxylic acids is 2. The van der Waals surface area contributed by atoms with Crippen LogP contribution in [0.5, 0.6) is 0 Å². The number of amides is 2. The summed E-state index contributed by atoms with van der Waals surface area (Å²) in [6.07, 6.45) is 0.136. The van der Waals surface area contributed by atoms with E-state index in [0.29, 0.717) is 26.1 Å². The summed E-state index contributed by atoms with van der Waals surface area (Å²) in [5, 5.41) is 2.86. The summed E-state index contributed by atoms with van der Waals surface area (Å²) >= 11 is 0. The predicted octanol–water partition coefficient (Wildman–Crippen LogP) is 0.0707. The minimum absolute atomic E-state index is 0.0225. The molecule has 0 aliphatic carbocycles. The second-order valence-corrected chi connectivity index (χ2v) is 6.23. The minimum Gasteiger partial charge on any atom is -0.444 e. The van der Waals surface area contributed by atoms with Crippen LogP contribution in [0.4, 0.5) is 4.79 Å². The van der Waals surface area contributed by atoms with E-state index in [9.17, 15) is 9.59 Å². The molecule has 0 radical (unpaired) electrons. The molecule has 102 valence electrons. The Morgan fingerprint density at radius 3 is 2.67 bits per heavy atom. The van der Waals surface area contributed by atoms with Crippen molar-refractivity contribution in [1.29, 1.82) is 0 Å². The monoisotopic (exact) mass is 255 g/mol. The van der Waals surface area contributed by atoms with E-state index in [1.807, 2.05) is 20.8 Å². The number of nitrogens with two attached hydrogens (primary N) is 1. The molecule has 1 spiro atoms. The number of hydrogen-bond acceptors (Lipinski definition) is 4. The number of hydrogen-bond donors (Lipinski definition) is 2. The fraction of sp³-hybridized carbons (Fsp3) is 0.833. The van der Waals surface area contributed by atoms with E-state index in [1.165, 1.54) is 0 Å². The molecule has 2 rings (SSSR count). The molecule has 2 heterocycles. The molecule has 0 aromatic rings. The molecule has 3 N–H and O–H groups in total. The second kappa shape index (κ2) is 4.12. The number of ether oxygens (including phenoxy) is 1. The zero-order valence-corrected chi connectivity index (χ0v) is 11.2. The fourth-order valence-electron chi connectivity index (χ4n) is 2.65. The van der Waals surface area contributed by atoms with Gasteiger partial charge in [-0.2, -0.15) is 0 Å². The third kappa shape index (κ3) is 2.29. The Hall–Kier alpha value is -1.30. The molecule has 2 amide bonds. The summed E-state index contributed by atoms with van der Waals surface area (Å²) in [6, 6.07) is -0.0244. The lowest BCUT2D eigenvalue weighted by Crippen LogP contribution is -2.64. The van der Waals surface area contributed by atoms with E-state index in [0.717, 1.165) is 0 Å². The Balaban J connectivity index is 1.93. The van der Waals surface area contributed by atoms with Gasteiger partial charge in [-0.15, -0.1) is 0 Å². The molecule has 18 heavy (non-hydrogen) atoms. The molecule has 6 heteroatoms. The second-order valence-electron chi connectivity index (χ2n) is 6.23. The van der Waals surface area contributed by atoms with Gasteiger partial charge in [0.25, 0.3) is 0 Å². The van der Waals surface area contributed by atoms with Crippen LogP contribution in [0.15, 0.2) is 0 Å². The predicted molar refractivity (Wildman–Crippen MR) is 65.8 cm³/mol. The number of nitrogens with one attached hydrogen (secondary N) is 1. The van der Waals surface area contributed by atoms with Crippen molar-refractivity contribution in [1.82, 2.24) is 10.2 Å². The van der Waals surface area contributed by atoms with Gasteiger partial charge in [0.15, 0.2) is 0 Å². The first-order valence-electron chi connectivity index (χ1n) is 6.23. The zero-order valence-electron chi connectivity index (χ0n) is 11.2. The number of rotatable bonds is 1. The lowest BCUT2D eigenvalue weighted by molar-refractivity contribution is -0.120. The highest BCUT2D eigenvalue weighted by Crippen LogP contribution is 2.41. The first-order chi connectivity index (χ1) is 8.26. The van der Waals surface area contributed by atoms with Crippen LogP contribution in [0.2, 0.25) is 0 Å². The van der Waals surface area contributed by atoms with E-state index in [-0.39, 0.29) is 23.5 Å². The van der Waals surface area contributed by atoms with Gasteiger partial charge in [-0.1, -0.05) is 0 Å². The Bertz CT molecular complexity index is 369. The maximum Gasteiger partial charge on any atom is 0.410 e. The van der Waals surface area contributed by atoms with Gasteiger partial charge in [-0.3, -0.25) is 4.79 Å². The van der Waals surface area contributed by atoms with E-state index in [2.05, 4.69) is 5.32 Å². The van der Waals surface area contributed by atoms with Crippen molar-refractivity contribution in [2.75, 3.05) is 19.6 Å². The number of likely N-dealkylation sites (tertiary alicyclic amines) is 1. The molecule has 2 fully saturated rings. The molecule has 0 bridgehead atoms. The SMILES string of the molecule is CC(C)(C)OC(=O)N1CC2(CC(=O)NC2CN)C1.